The highest BCUT2D eigenvalue weighted by Crippen LogP contribution is 2.49. The molecule has 0 rings (SSSR count). The van der Waals surface area contributed by atoms with E-state index in [1.807, 2.05) is 21.1 Å². The normalized spacial score (nSPS) is 12.1. The van der Waals surface area contributed by atoms with Crippen molar-refractivity contribution >= 4 is 19.8 Å². The molecule has 0 aromatic rings. The van der Waals surface area contributed by atoms with Gasteiger partial charge in [-0.3, -0.25) is 14.1 Å². The van der Waals surface area contributed by atoms with Crippen molar-refractivity contribution in [2.45, 2.75) is 13.8 Å². The van der Waals surface area contributed by atoms with Crippen LogP contribution in [0.5, 0.6) is 0 Å². The van der Waals surface area contributed by atoms with Gasteiger partial charge in [0, 0.05) is 13.8 Å². The molecule has 0 saturated carbocycles. The van der Waals surface area contributed by atoms with E-state index in [-0.39, 0.29) is 6.61 Å². The molecule has 0 aliphatic carbocycles. The van der Waals surface area contributed by atoms with Gasteiger partial charge in [-0.05, 0) is 0 Å². The second-order valence-electron chi connectivity index (χ2n) is 4.46. The Bertz CT molecular complexity index is 315. The van der Waals surface area contributed by atoms with Gasteiger partial charge in [0.2, 0.25) is 0 Å². The van der Waals surface area contributed by atoms with Crippen LogP contribution in [0.3, 0.4) is 0 Å². The maximum atomic E-state index is 11.8. The maximum Gasteiger partial charge on any atom is 0.592 e. The number of carbonyl (C=O) groups is 2. The summed E-state index contributed by atoms with van der Waals surface area (Å²) in [6, 6.07) is 0. The fourth-order valence-electron chi connectivity index (χ4n) is 0.813. The Morgan fingerprint density at radius 1 is 1.06 bits per heavy atom. The van der Waals surface area contributed by atoms with Gasteiger partial charge in [0.15, 0.2) is 0 Å². The predicted molar refractivity (Wildman–Crippen MR) is 60.0 cm³/mol. The Balaban J connectivity index is 4.44. The van der Waals surface area contributed by atoms with Crippen LogP contribution in [0.4, 0.5) is 0 Å². The van der Waals surface area contributed by atoms with Gasteiger partial charge in [-0.25, -0.2) is 4.57 Å². The van der Waals surface area contributed by atoms with Crippen LogP contribution in [0.1, 0.15) is 13.8 Å². The molecule has 0 unspecified atom stereocenters. The summed E-state index contributed by atoms with van der Waals surface area (Å²) in [6.07, 6.45) is 0. The third-order valence-corrected chi connectivity index (χ3v) is 2.95. The van der Waals surface area contributed by atoms with Crippen molar-refractivity contribution in [3.05, 3.63) is 0 Å². The molecule has 0 radical (unpaired) electrons. The molecule has 0 aliphatic heterocycles. The number of hydrogen-bond donors (Lipinski definition) is 0. The molecule has 0 fully saturated rings. The molecule has 0 amide bonds. The molecule has 0 N–H and O–H groups in total. The summed E-state index contributed by atoms with van der Waals surface area (Å²) in [4.78, 5) is 21.5. The molecule has 0 saturated heterocycles. The van der Waals surface area contributed by atoms with Gasteiger partial charge < -0.3 is 13.5 Å². The van der Waals surface area contributed by atoms with E-state index in [1.165, 1.54) is 0 Å². The van der Waals surface area contributed by atoms with E-state index in [9.17, 15) is 14.2 Å². The lowest BCUT2D eigenvalue weighted by Gasteiger charge is -2.24. The number of phosphoric acid groups is 1. The van der Waals surface area contributed by atoms with Crippen molar-refractivity contribution in [3.63, 3.8) is 0 Å². The lowest BCUT2D eigenvalue weighted by molar-refractivity contribution is -0.870. The minimum Gasteiger partial charge on any atom is -0.362 e. The van der Waals surface area contributed by atoms with E-state index >= 15 is 0 Å². The highest BCUT2D eigenvalue weighted by atomic mass is 31.2. The van der Waals surface area contributed by atoms with E-state index < -0.39 is 19.8 Å². The Morgan fingerprint density at radius 2 is 1.47 bits per heavy atom. The first kappa shape index (κ1) is 16.1. The molecule has 0 spiro atoms. The maximum absolute atomic E-state index is 11.8. The standard InChI is InChI=1S/C9H19NO6P/c1-8(11)15-17(13,16-9(2)12)14-7-6-10(3,4)5/h6-7H2,1-5H3/q+1. The summed E-state index contributed by atoms with van der Waals surface area (Å²) in [5.74, 6) is -1.67. The Labute approximate surface area is 101 Å². The van der Waals surface area contributed by atoms with Gasteiger partial charge in [-0.1, -0.05) is 0 Å². The van der Waals surface area contributed by atoms with E-state index in [2.05, 4.69) is 9.05 Å². The Hall–Kier alpha value is -0.910. The lowest BCUT2D eigenvalue weighted by atomic mass is 10.5. The number of likely N-dealkylation sites (N-methyl/N-ethyl adjacent to an activating group) is 1. The molecule has 0 aromatic heterocycles. The fraction of sp³-hybridized carbons (Fsp3) is 0.778. The van der Waals surface area contributed by atoms with Crippen molar-refractivity contribution in [1.82, 2.24) is 0 Å². The number of quaternary nitrogens is 1. The molecule has 0 aliphatic rings. The van der Waals surface area contributed by atoms with Crippen molar-refractivity contribution in [2.75, 3.05) is 34.3 Å². The highest BCUT2D eigenvalue weighted by Gasteiger charge is 2.33. The molecule has 0 aromatic carbocycles. The molecular formula is C9H19NO6P+. The number of carbonyl (C=O) groups excluding carboxylic acids is 2. The lowest BCUT2D eigenvalue weighted by Crippen LogP contribution is -2.37. The number of hydrogen-bond acceptors (Lipinski definition) is 6. The molecule has 8 heteroatoms. The van der Waals surface area contributed by atoms with Gasteiger partial charge in [0.05, 0.1) is 21.1 Å². The average molecular weight is 268 g/mol. The second-order valence-corrected chi connectivity index (χ2v) is 5.98. The molecule has 7 nitrogen and oxygen atoms in total. The van der Waals surface area contributed by atoms with E-state index in [1.54, 1.807) is 0 Å². The zero-order valence-electron chi connectivity index (χ0n) is 10.8. The summed E-state index contributed by atoms with van der Waals surface area (Å²) in [5.41, 5.74) is 0. The largest absolute Gasteiger partial charge is 0.592 e. The summed E-state index contributed by atoms with van der Waals surface area (Å²) in [6.45, 7) is 2.67. The zero-order valence-corrected chi connectivity index (χ0v) is 11.7. The van der Waals surface area contributed by atoms with Crippen LogP contribution in [0.15, 0.2) is 0 Å². The quantitative estimate of drug-likeness (QED) is 0.527. The van der Waals surface area contributed by atoms with Gasteiger partial charge in [-0.15, -0.1) is 0 Å². The van der Waals surface area contributed by atoms with Gasteiger partial charge in [0.1, 0.15) is 13.2 Å². The summed E-state index contributed by atoms with van der Waals surface area (Å²) >= 11 is 0. The molecule has 0 bridgehead atoms. The second kappa shape index (κ2) is 6.14. The van der Waals surface area contributed by atoms with Crippen LogP contribution in [0.2, 0.25) is 0 Å². The van der Waals surface area contributed by atoms with Gasteiger partial charge in [-0.2, -0.15) is 0 Å². The van der Waals surface area contributed by atoms with Crippen LogP contribution in [0, 0.1) is 0 Å². The average Bonchev–Trinajstić information content (AvgIpc) is 1.95. The van der Waals surface area contributed by atoms with Crippen LogP contribution >= 0.6 is 7.82 Å². The number of phosphoric ester groups is 1. The summed E-state index contributed by atoms with van der Waals surface area (Å²) in [5, 5.41) is 0. The van der Waals surface area contributed by atoms with Crippen LogP contribution in [0.25, 0.3) is 0 Å². The minimum atomic E-state index is -4.13. The van der Waals surface area contributed by atoms with Crippen LogP contribution in [-0.2, 0) is 27.7 Å². The van der Waals surface area contributed by atoms with Crippen LogP contribution in [-0.4, -0.2) is 50.7 Å². The topological polar surface area (TPSA) is 78.9 Å². The minimum absolute atomic E-state index is 0.0430. The van der Waals surface area contributed by atoms with Crippen molar-refractivity contribution < 1.29 is 32.2 Å². The molecular weight excluding hydrogens is 249 g/mol. The first-order valence-electron chi connectivity index (χ1n) is 4.99. The number of nitrogens with zero attached hydrogens (tertiary/aromatic N) is 1. The zero-order chi connectivity index (χ0) is 13.7. The van der Waals surface area contributed by atoms with E-state index in [4.69, 9.17) is 4.52 Å². The van der Waals surface area contributed by atoms with Crippen molar-refractivity contribution in [2.24, 2.45) is 0 Å². The monoisotopic (exact) mass is 268 g/mol. The third-order valence-electron chi connectivity index (χ3n) is 1.49. The smallest absolute Gasteiger partial charge is 0.362 e. The summed E-state index contributed by atoms with van der Waals surface area (Å²) in [7, 11) is 1.60. The number of rotatable bonds is 6. The fourth-order valence-corrected chi connectivity index (χ4v) is 1.89. The molecule has 100 valence electrons. The first-order valence-corrected chi connectivity index (χ1v) is 6.45. The predicted octanol–water partition coefficient (Wildman–Crippen LogP) is 0.944. The highest BCUT2D eigenvalue weighted by molar-refractivity contribution is 7.49. The van der Waals surface area contributed by atoms with Gasteiger partial charge >= 0.3 is 19.8 Å². The van der Waals surface area contributed by atoms with E-state index in [0.29, 0.717) is 11.0 Å². The summed E-state index contributed by atoms with van der Waals surface area (Å²) < 4.78 is 26.1. The van der Waals surface area contributed by atoms with Crippen molar-refractivity contribution in [1.29, 1.82) is 0 Å². The van der Waals surface area contributed by atoms with Gasteiger partial charge in [0.25, 0.3) is 0 Å². The molecule has 17 heavy (non-hydrogen) atoms. The van der Waals surface area contributed by atoms with Crippen molar-refractivity contribution in [3.8, 4) is 0 Å². The molecule has 0 atom stereocenters. The third kappa shape index (κ3) is 8.85. The first-order chi connectivity index (χ1) is 7.54. The van der Waals surface area contributed by atoms with Crippen LogP contribution < -0.4 is 0 Å². The van der Waals surface area contributed by atoms with E-state index in [0.717, 1.165) is 13.8 Å². The Kier molecular flexibility index (Phi) is 5.81. The molecule has 0 heterocycles. The Morgan fingerprint density at radius 3 is 1.76 bits per heavy atom. The SMILES string of the molecule is CC(=O)OP(=O)(OCC[N+](C)(C)C)OC(C)=O.